The van der Waals surface area contributed by atoms with Gasteiger partial charge in [0.1, 0.15) is 12.4 Å². The van der Waals surface area contributed by atoms with Crippen molar-refractivity contribution in [2.45, 2.75) is 70.9 Å². The number of carbonyl (C=O) groups is 1. The Morgan fingerprint density at radius 3 is 2.36 bits per heavy atom. The molecule has 236 valence electrons. The van der Waals surface area contributed by atoms with E-state index in [0.29, 0.717) is 19.6 Å². The van der Waals surface area contributed by atoms with E-state index >= 15 is 0 Å². The van der Waals surface area contributed by atoms with Crippen molar-refractivity contribution < 1.29 is 19.4 Å². The van der Waals surface area contributed by atoms with Crippen molar-refractivity contribution in [1.82, 2.24) is 4.90 Å². The van der Waals surface area contributed by atoms with Crippen molar-refractivity contribution in [2.24, 2.45) is 0 Å². The predicted octanol–water partition coefficient (Wildman–Crippen LogP) is 7.66. The molecule has 2 atom stereocenters. The summed E-state index contributed by atoms with van der Waals surface area (Å²) in [5.41, 5.74) is 11.0. The molecule has 5 rings (SSSR count). The second-order valence-corrected chi connectivity index (χ2v) is 12.1. The van der Waals surface area contributed by atoms with E-state index in [1.807, 2.05) is 31.2 Å². The van der Waals surface area contributed by atoms with E-state index in [1.165, 1.54) is 38.9 Å². The van der Waals surface area contributed by atoms with Crippen LogP contribution in [0.25, 0.3) is 0 Å². The summed E-state index contributed by atoms with van der Waals surface area (Å²) >= 11 is 0. The van der Waals surface area contributed by atoms with Gasteiger partial charge in [0.15, 0.2) is 6.10 Å². The van der Waals surface area contributed by atoms with Crippen LogP contribution in [0, 0.1) is 0 Å². The van der Waals surface area contributed by atoms with Gasteiger partial charge in [-0.05, 0) is 103 Å². The number of carboxylic acids is 1. The van der Waals surface area contributed by atoms with Crippen LogP contribution in [0.2, 0.25) is 0 Å². The highest BCUT2D eigenvalue weighted by Gasteiger charge is 2.28. The van der Waals surface area contributed by atoms with Crippen molar-refractivity contribution in [3.8, 4) is 5.75 Å². The maximum Gasteiger partial charge on any atom is 0.333 e. The van der Waals surface area contributed by atoms with Gasteiger partial charge in [-0.1, -0.05) is 92.2 Å². The monoisotopic (exact) mass is 605 g/mol. The van der Waals surface area contributed by atoms with Crippen LogP contribution in [-0.2, 0) is 48.1 Å². The molecular formula is C40H47NO4. The molecule has 5 nitrogen and oxygen atoms in total. The second-order valence-electron chi connectivity index (χ2n) is 12.1. The lowest BCUT2D eigenvalue weighted by Crippen LogP contribution is -2.30. The quantitative estimate of drug-likeness (QED) is 0.151. The highest BCUT2D eigenvalue weighted by Crippen LogP contribution is 2.38. The zero-order valence-electron chi connectivity index (χ0n) is 27.0. The number of fused-ring (bicyclic) bond motifs is 2. The van der Waals surface area contributed by atoms with E-state index in [-0.39, 0.29) is 6.04 Å². The van der Waals surface area contributed by atoms with Crippen molar-refractivity contribution >= 4 is 5.97 Å². The van der Waals surface area contributed by atoms with Crippen LogP contribution in [0.4, 0.5) is 0 Å². The minimum absolute atomic E-state index is 0.156. The van der Waals surface area contributed by atoms with Crippen LogP contribution < -0.4 is 4.74 Å². The molecule has 0 aliphatic heterocycles. The molecule has 45 heavy (non-hydrogen) atoms. The summed E-state index contributed by atoms with van der Waals surface area (Å²) in [5, 5.41) is 9.41. The Morgan fingerprint density at radius 1 is 0.844 bits per heavy atom. The Morgan fingerprint density at radius 2 is 1.62 bits per heavy atom. The smallest absolute Gasteiger partial charge is 0.333 e. The molecule has 5 heteroatoms. The summed E-state index contributed by atoms with van der Waals surface area (Å²) in [4.78, 5) is 13.9. The van der Waals surface area contributed by atoms with Crippen LogP contribution in [0.15, 0.2) is 91.0 Å². The second kappa shape index (κ2) is 15.9. The molecule has 0 fully saturated rings. The average Bonchev–Trinajstić information content (AvgIpc) is 3.22. The maximum absolute atomic E-state index is 11.5. The molecule has 2 unspecified atom stereocenters. The molecule has 1 aliphatic carbocycles. The number of benzene rings is 4. The fraction of sp³-hybridized carbons (Fsp3) is 0.375. The highest BCUT2D eigenvalue weighted by molar-refractivity contribution is 5.72. The number of carboxylic acid groups (broad SMARTS) is 1. The van der Waals surface area contributed by atoms with Crippen LogP contribution in [0.1, 0.15) is 70.8 Å². The van der Waals surface area contributed by atoms with Crippen LogP contribution in [0.3, 0.4) is 0 Å². The van der Waals surface area contributed by atoms with Crippen LogP contribution in [-0.4, -0.2) is 48.9 Å². The largest absolute Gasteiger partial charge is 0.492 e. The first-order valence-corrected chi connectivity index (χ1v) is 16.5. The molecule has 0 spiro atoms. The van der Waals surface area contributed by atoms with E-state index in [4.69, 9.17) is 9.47 Å². The summed E-state index contributed by atoms with van der Waals surface area (Å²) in [6.45, 7) is 5.75. The van der Waals surface area contributed by atoms with Gasteiger partial charge in [-0.2, -0.15) is 0 Å². The van der Waals surface area contributed by atoms with Gasteiger partial charge >= 0.3 is 5.97 Å². The third-order valence-corrected chi connectivity index (χ3v) is 8.96. The molecule has 0 heterocycles. The van der Waals surface area contributed by atoms with E-state index in [2.05, 4.69) is 85.6 Å². The Bertz CT molecular complexity index is 1530. The van der Waals surface area contributed by atoms with Gasteiger partial charge in [-0.3, -0.25) is 4.90 Å². The number of nitrogens with zero attached hydrogens (tertiary/aromatic N) is 1. The van der Waals surface area contributed by atoms with Crippen molar-refractivity contribution in [3.05, 3.63) is 136 Å². The number of rotatable bonds is 15. The third kappa shape index (κ3) is 8.42. The van der Waals surface area contributed by atoms with Gasteiger partial charge < -0.3 is 14.6 Å². The first-order chi connectivity index (χ1) is 22.0. The number of aryl methyl sites for hydroxylation is 4. The van der Waals surface area contributed by atoms with Gasteiger partial charge in [0.25, 0.3) is 0 Å². The molecule has 0 amide bonds. The topological polar surface area (TPSA) is 59.0 Å². The highest BCUT2D eigenvalue weighted by atomic mass is 16.5. The normalized spacial score (nSPS) is 14.8. The van der Waals surface area contributed by atoms with E-state index < -0.39 is 12.1 Å². The zero-order chi connectivity index (χ0) is 31.6. The summed E-state index contributed by atoms with van der Waals surface area (Å²) < 4.78 is 11.6. The Hall–Kier alpha value is -3.93. The molecular weight excluding hydrogens is 558 g/mol. The number of ether oxygens (including phenoxy) is 2. The average molecular weight is 606 g/mol. The molecule has 0 aromatic heterocycles. The van der Waals surface area contributed by atoms with Crippen molar-refractivity contribution in [2.75, 3.05) is 26.8 Å². The predicted molar refractivity (Wildman–Crippen MR) is 181 cm³/mol. The molecule has 0 bridgehead atoms. The van der Waals surface area contributed by atoms with Gasteiger partial charge in [0, 0.05) is 19.6 Å². The van der Waals surface area contributed by atoms with E-state index in [9.17, 15) is 9.90 Å². The maximum atomic E-state index is 11.5. The standard InChI is InChI=1S/C40H47NO4/c1-4-10-30-16-20-33-21-24-35-32(19-15-29-11-7-6-8-12-29)13-9-14-36(35)39(37(33)27-30)41(3)25-26-45-34-22-17-31(18-23-34)28-38(40(42)43)44-5-2/h6-9,11-14,16-18,20,22-23,27,38-39H,4-5,10,15,19,21,24-26,28H2,1-3H3,(H,42,43). The first kappa shape index (κ1) is 32.5. The number of hydrogen-bond donors (Lipinski definition) is 1. The number of aliphatic carboxylic acids is 1. The Kier molecular flexibility index (Phi) is 11.5. The van der Waals surface area contributed by atoms with Crippen LogP contribution >= 0.6 is 0 Å². The Labute approximate surface area is 268 Å². The fourth-order valence-electron chi connectivity index (χ4n) is 6.64. The van der Waals surface area contributed by atoms with Gasteiger partial charge in [0.2, 0.25) is 0 Å². The van der Waals surface area contributed by atoms with Crippen molar-refractivity contribution in [1.29, 1.82) is 0 Å². The van der Waals surface area contributed by atoms with Crippen molar-refractivity contribution in [3.63, 3.8) is 0 Å². The lowest BCUT2D eigenvalue weighted by molar-refractivity contribution is -0.149. The summed E-state index contributed by atoms with van der Waals surface area (Å²) in [5.74, 6) is -0.155. The first-order valence-electron chi connectivity index (χ1n) is 16.5. The molecule has 0 saturated carbocycles. The van der Waals surface area contributed by atoms with Gasteiger partial charge in [-0.25, -0.2) is 4.79 Å². The zero-order valence-corrected chi connectivity index (χ0v) is 27.0. The van der Waals surface area contributed by atoms with E-state index in [0.717, 1.165) is 56.4 Å². The number of likely N-dealkylation sites (N-methyl/N-ethyl adjacent to an activating group) is 1. The number of hydrogen-bond acceptors (Lipinski definition) is 4. The van der Waals surface area contributed by atoms with Gasteiger partial charge in [-0.15, -0.1) is 0 Å². The minimum atomic E-state index is -0.938. The SMILES string of the molecule is CCCc1ccc2c(c1)C(N(C)CCOc1ccc(CC(OCC)C(=O)O)cc1)c1cccc(CCc3ccccc3)c1CC2. The molecule has 4 aromatic rings. The summed E-state index contributed by atoms with van der Waals surface area (Å²) in [7, 11) is 2.22. The molecule has 0 radical (unpaired) electrons. The minimum Gasteiger partial charge on any atom is -0.492 e. The molecule has 1 aliphatic rings. The van der Waals surface area contributed by atoms with E-state index in [1.54, 1.807) is 0 Å². The van der Waals surface area contributed by atoms with Gasteiger partial charge in [0.05, 0.1) is 6.04 Å². The fourth-order valence-corrected chi connectivity index (χ4v) is 6.64. The summed E-state index contributed by atoms with van der Waals surface area (Å²) in [6, 6.07) is 32.7. The van der Waals surface area contributed by atoms with Crippen LogP contribution in [0.5, 0.6) is 5.75 Å². The lowest BCUT2D eigenvalue weighted by Gasteiger charge is -2.31. The summed E-state index contributed by atoms with van der Waals surface area (Å²) in [6.07, 6.45) is 5.91. The molecule has 1 N–H and O–H groups in total. The molecule has 0 saturated heterocycles. The third-order valence-electron chi connectivity index (χ3n) is 8.96. The lowest BCUT2D eigenvalue weighted by atomic mass is 9.88. The Balaban J connectivity index is 1.34. The molecule has 4 aromatic carbocycles.